The van der Waals surface area contributed by atoms with Crippen LogP contribution in [0.1, 0.15) is 38.7 Å². The molecule has 1 aliphatic heterocycles. The van der Waals surface area contributed by atoms with Gasteiger partial charge >= 0.3 is 0 Å². The minimum absolute atomic E-state index is 0.00508. The normalized spacial score (nSPS) is 25.1. The topological polar surface area (TPSA) is 76.7 Å². The number of rotatable bonds is 8. The van der Waals surface area contributed by atoms with Gasteiger partial charge in [-0.25, -0.2) is 0 Å². The van der Waals surface area contributed by atoms with Crippen LogP contribution in [0.5, 0.6) is 0 Å². The van der Waals surface area contributed by atoms with Crippen LogP contribution in [0, 0.1) is 5.92 Å². The number of amides is 2. The Morgan fingerprint density at radius 3 is 2.73 bits per heavy atom. The van der Waals surface area contributed by atoms with Crippen molar-refractivity contribution in [2.24, 2.45) is 5.92 Å². The first-order valence-corrected chi connectivity index (χ1v) is 11.7. The summed E-state index contributed by atoms with van der Waals surface area (Å²) in [5, 5.41) is 6.93. The summed E-state index contributed by atoms with van der Waals surface area (Å²) in [5.41, 5.74) is 0.835. The van der Waals surface area contributed by atoms with Crippen LogP contribution in [0.2, 0.25) is 5.02 Å². The summed E-state index contributed by atoms with van der Waals surface area (Å²) in [6.07, 6.45) is 3.72. The zero-order valence-electron chi connectivity index (χ0n) is 17.4. The quantitative estimate of drug-likeness (QED) is 0.465. The number of nitrogens with one attached hydrogen (secondary N) is 2. The van der Waals surface area contributed by atoms with E-state index in [2.05, 4.69) is 10.6 Å². The standard InChI is InChI=1S/C22H29ClN2O4S/c1-3-28-20(29-4-2)13-24-21(26)15-9-10-18-17(11-15)25-22(27)19(30-18)12-14-7-5-6-8-16(14)23/h5-8,12,15,17-18,20H,3-4,9-11,13H2,1-2H3,(H,24,26)(H,25,27)/b19-12+. The van der Waals surface area contributed by atoms with Crippen LogP contribution in [0.15, 0.2) is 29.2 Å². The van der Waals surface area contributed by atoms with E-state index in [-0.39, 0.29) is 29.0 Å². The molecule has 1 heterocycles. The summed E-state index contributed by atoms with van der Waals surface area (Å²) >= 11 is 7.82. The van der Waals surface area contributed by atoms with E-state index in [1.807, 2.05) is 44.2 Å². The average Bonchev–Trinajstić information content (AvgIpc) is 2.74. The lowest BCUT2D eigenvalue weighted by Crippen LogP contribution is -2.52. The molecule has 1 saturated heterocycles. The highest BCUT2D eigenvalue weighted by molar-refractivity contribution is 8.04. The number of fused-ring (bicyclic) bond motifs is 1. The second-order valence-electron chi connectivity index (χ2n) is 7.36. The fraction of sp³-hybridized carbons (Fsp3) is 0.545. The summed E-state index contributed by atoms with van der Waals surface area (Å²) in [5.74, 6) is -0.227. The molecular formula is C22H29ClN2O4S. The first-order chi connectivity index (χ1) is 14.5. The second-order valence-corrected chi connectivity index (χ2v) is 9.05. The lowest BCUT2D eigenvalue weighted by Gasteiger charge is -2.39. The van der Waals surface area contributed by atoms with E-state index < -0.39 is 6.29 Å². The summed E-state index contributed by atoms with van der Waals surface area (Å²) in [6, 6.07) is 7.47. The molecule has 2 amide bonds. The third-order valence-corrected chi connectivity index (χ3v) is 7.08. The largest absolute Gasteiger partial charge is 0.351 e. The highest BCUT2D eigenvalue weighted by atomic mass is 35.5. The molecule has 3 atom stereocenters. The van der Waals surface area contributed by atoms with E-state index in [1.54, 1.807) is 11.8 Å². The molecule has 0 aromatic heterocycles. The molecular weight excluding hydrogens is 424 g/mol. The predicted molar refractivity (Wildman–Crippen MR) is 120 cm³/mol. The van der Waals surface area contributed by atoms with Gasteiger partial charge in [0.25, 0.3) is 5.91 Å². The Morgan fingerprint density at radius 2 is 2.03 bits per heavy atom. The smallest absolute Gasteiger partial charge is 0.257 e. The van der Waals surface area contributed by atoms with Gasteiger partial charge < -0.3 is 20.1 Å². The van der Waals surface area contributed by atoms with Crippen molar-refractivity contribution in [3.05, 3.63) is 39.8 Å². The van der Waals surface area contributed by atoms with Gasteiger partial charge in [-0.3, -0.25) is 9.59 Å². The van der Waals surface area contributed by atoms with Crippen LogP contribution in [0.25, 0.3) is 6.08 Å². The monoisotopic (exact) mass is 452 g/mol. The Morgan fingerprint density at radius 1 is 1.30 bits per heavy atom. The molecule has 2 fully saturated rings. The Bertz CT molecular complexity index is 782. The van der Waals surface area contributed by atoms with Gasteiger partial charge in [0.2, 0.25) is 5.91 Å². The molecule has 6 nitrogen and oxygen atoms in total. The Labute approximate surface area is 187 Å². The third kappa shape index (κ3) is 6.00. The van der Waals surface area contributed by atoms with E-state index in [4.69, 9.17) is 21.1 Å². The number of benzene rings is 1. The minimum Gasteiger partial charge on any atom is -0.351 e. The van der Waals surface area contributed by atoms with E-state index >= 15 is 0 Å². The van der Waals surface area contributed by atoms with Crippen LogP contribution in [-0.4, -0.2) is 49.2 Å². The van der Waals surface area contributed by atoms with Gasteiger partial charge in [-0.2, -0.15) is 0 Å². The zero-order valence-corrected chi connectivity index (χ0v) is 18.9. The number of hydrogen-bond donors (Lipinski definition) is 2. The highest BCUT2D eigenvalue weighted by Crippen LogP contribution is 2.40. The Balaban J connectivity index is 1.56. The Hall–Kier alpha value is -1.54. The van der Waals surface area contributed by atoms with Crippen LogP contribution in [-0.2, 0) is 19.1 Å². The van der Waals surface area contributed by atoms with Crippen LogP contribution < -0.4 is 10.6 Å². The third-order valence-electron chi connectivity index (χ3n) is 5.32. The summed E-state index contributed by atoms with van der Waals surface area (Å²) in [4.78, 5) is 25.9. The van der Waals surface area contributed by atoms with Crippen LogP contribution in [0.3, 0.4) is 0 Å². The van der Waals surface area contributed by atoms with Gasteiger partial charge in [0.15, 0.2) is 6.29 Å². The summed E-state index contributed by atoms with van der Waals surface area (Å²) in [7, 11) is 0. The molecule has 1 aromatic carbocycles. The fourth-order valence-electron chi connectivity index (χ4n) is 3.83. The van der Waals surface area contributed by atoms with Crippen molar-refractivity contribution in [2.75, 3.05) is 19.8 Å². The van der Waals surface area contributed by atoms with Crippen molar-refractivity contribution in [3.8, 4) is 0 Å². The van der Waals surface area contributed by atoms with E-state index in [0.717, 1.165) is 18.4 Å². The number of carbonyl (C=O) groups is 2. The second kappa shape index (κ2) is 11.2. The van der Waals surface area contributed by atoms with E-state index in [1.165, 1.54) is 0 Å². The SMILES string of the molecule is CCOC(CNC(=O)C1CCC2S/C(=C/c3ccccc3Cl)C(=O)NC2C1)OCC. The molecule has 3 unspecified atom stereocenters. The number of thioether (sulfide) groups is 1. The predicted octanol–water partition coefficient (Wildman–Crippen LogP) is 3.60. The first-order valence-electron chi connectivity index (χ1n) is 10.5. The molecule has 164 valence electrons. The van der Waals surface area contributed by atoms with E-state index in [9.17, 15) is 9.59 Å². The maximum Gasteiger partial charge on any atom is 0.257 e. The van der Waals surface area contributed by atoms with Gasteiger partial charge in [0.05, 0.1) is 11.4 Å². The van der Waals surface area contributed by atoms with Gasteiger partial charge in [-0.15, -0.1) is 11.8 Å². The fourth-order valence-corrected chi connectivity index (χ4v) is 5.30. The molecule has 0 spiro atoms. The summed E-state index contributed by atoms with van der Waals surface area (Å²) < 4.78 is 11.0. The van der Waals surface area contributed by atoms with E-state index in [0.29, 0.717) is 36.1 Å². The lowest BCUT2D eigenvalue weighted by molar-refractivity contribution is -0.142. The molecule has 2 aliphatic rings. The van der Waals surface area contributed by atoms with Gasteiger partial charge in [-0.1, -0.05) is 29.8 Å². The average molecular weight is 453 g/mol. The van der Waals surface area contributed by atoms with Crippen molar-refractivity contribution in [1.29, 1.82) is 0 Å². The van der Waals surface area contributed by atoms with Gasteiger partial charge in [0, 0.05) is 35.4 Å². The van der Waals surface area contributed by atoms with Crippen LogP contribution >= 0.6 is 23.4 Å². The Kier molecular flexibility index (Phi) is 8.62. The number of halogens is 1. The minimum atomic E-state index is -0.428. The van der Waals surface area contributed by atoms with Gasteiger partial charge in [0.1, 0.15) is 0 Å². The maximum absolute atomic E-state index is 12.6. The molecule has 1 aliphatic carbocycles. The number of carbonyl (C=O) groups excluding carboxylic acids is 2. The highest BCUT2D eigenvalue weighted by Gasteiger charge is 2.39. The van der Waals surface area contributed by atoms with Crippen LogP contribution in [0.4, 0.5) is 0 Å². The maximum atomic E-state index is 12.6. The van der Waals surface area contributed by atoms with Crippen molar-refractivity contribution in [1.82, 2.24) is 10.6 Å². The van der Waals surface area contributed by atoms with Gasteiger partial charge in [-0.05, 0) is 50.8 Å². The zero-order chi connectivity index (χ0) is 21.5. The molecule has 1 aromatic rings. The van der Waals surface area contributed by atoms with Crippen molar-refractivity contribution in [3.63, 3.8) is 0 Å². The summed E-state index contributed by atoms with van der Waals surface area (Å²) in [6.45, 7) is 5.18. The molecule has 8 heteroatoms. The number of hydrogen-bond acceptors (Lipinski definition) is 5. The molecule has 0 bridgehead atoms. The lowest BCUT2D eigenvalue weighted by atomic mass is 9.84. The molecule has 1 saturated carbocycles. The molecule has 3 rings (SSSR count). The molecule has 30 heavy (non-hydrogen) atoms. The van der Waals surface area contributed by atoms with Crippen molar-refractivity contribution < 1.29 is 19.1 Å². The van der Waals surface area contributed by atoms with Crippen molar-refractivity contribution >= 4 is 41.3 Å². The van der Waals surface area contributed by atoms with Crippen molar-refractivity contribution in [2.45, 2.75) is 50.7 Å². The molecule has 2 N–H and O–H groups in total. The molecule has 0 radical (unpaired) electrons. The number of ether oxygens (including phenoxy) is 2. The first kappa shape index (κ1) is 23.1.